The van der Waals surface area contributed by atoms with Gasteiger partial charge in [0.25, 0.3) is 0 Å². The number of rotatable bonds is 5. The van der Waals surface area contributed by atoms with Crippen LogP contribution in [0.4, 0.5) is 0 Å². The molecule has 1 aliphatic rings. The number of aromatic carboxylic acids is 1. The Bertz CT molecular complexity index is 767. The zero-order valence-electron chi connectivity index (χ0n) is 16.0. The topological polar surface area (TPSA) is 61.7 Å². The monoisotopic (exact) mass is 372 g/mol. The highest BCUT2D eigenvalue weighted by atomic mass is 28.3. The number of benzene rings is 1. The van der Waals surface area contributed by atoms with E-state index in [1.54, 1.807) is 0 Å². The lowest BCUT2D eigenvalue weighted by Crippen LogP contribution is -2.47. The molecule has 0 unspecified atom stereocenters. The minimum Gasteiger partial charge on any atom is -0.478 e. The average molecular weight is 373 g/mol. The Morgan fingerprint density at radius 2 is 1.84 bits per heavy atom. The highest BCUT2D eigenvalue weighted by Crippen LogP contribution is 2.29. The highest BCUT2D eigenvalue weighted by Gasteiger charge is 2.26. The van der Waals surface area contributed by atoms with E-state index in [1.165, 1.54) is 0 Å². The van der Waals surface area contributed by atoms with Crippen LogP contribution < -0.4 is 4.98 Å². The second-order valence-electron chi connectivity index (χ2n) is 8.36. The number of amidine groups is 1. The third-order valence-corrected chi connectivity index (χ3v) is 5.47. The number of nitrogens with zero attached hydrogens (tertiary/aromatic N) is 1. The molecule has 1 aromatic carbocycles. The number of hydrogen-bond acceptors (Lipinski definition) is 2. The zero-order valence-corrected chi connectivity index (χ0v) is 18.0. The first-order chi connectivity index (χ1) is 11.5. The predicted molar refractivity (Wildman–Crippen MR) is 112 cm³/mol. The van der Waals surface area contributed by atoms with Crippen molar-refractivity contribution in [3.05, 3.63) is 53.1 Å². The van der Waals surface area contributed by atoms with Gasteiger partial charge in [-0.1, -0.05) is 56.1 Å². The van der Waals surface area contributed by atoms with Crippen molar-refractivity contribution in [2.24, 2.45) is 4.66 Å². The zero-order chi connectivity index (χ0) is 18.8. The summed E-state index contributed by atoms with van der Waals surface area (Å²) >= 11 is 0. The van der Waals surface area contributed by atoms with E-state index in [2.05, 4.69) is 44.3 Å². The third-order valence-electron chi connectivity index (χ3n) is 3.59. The summed E-state index contributed by atoms with van der Waals surface area (Å²) in [4.78, 5) is 15.7. The second-order valence-corrected chi connectivity index (χ2v) is 17.7. The molecule has 0 saturated heterocycles. The summed E-state index contributed by atoms with van der Waals surface area (Å²) in [5.41, 5.74) is 2.87. The second kappa shape index (κ2) is 7.13. The number of carbonyl (C=O) groups is 1. The summed E-state index contributed by atoms with van der Waals surface area (Å²) in [6.45, 7) is 13.1. The first-order valence-corrected chi connectivity index (χ1v) is 15.5. The Balaban J connectivity index is 2.67. The van der Waals surface area contributed by atoms with Crippen LogP contribution in [-0.2, 0) is 0 Å². The van der Waals surface area contributed by atoms with Crippen LogP contribution in [0, 0.1) is 0 Å². The molecular weight excluding hydrogens is 344 g/mol. The molecule has 2 N–H and O–H groups in total. The molecule has 0 amide bonds. The first-order valence-electron chi connectivity index (χ1n) is 8.59. The minimum absolute atomic E-state index is 0.347. The molecule has 0 aromatic heterocycles. The fraction of sp³-hybridized carbons (Fsp3) is 0.368. The van der Waals surface area contributed by atoms with Crippen LogP contribution in [0.5, 0.6) is 0 Å². The standard InChI is InChI=1S/C19H28N2O2Si2/c1-24(2,3)20-18(21-25(4,5)6)16-13-9-12-15(17(16)19(22)23)14-10-7-8-11-14/h7-10,12-13H,11H2,1-6H3,(H,20,21)(H,22,23). The summed E-state index contributed by atoms with van der Waals surface area (Å²) in [6, 6.07) is 5.70. The minimum atomic E-state index is -1.78. The van der Waals surface area contributed by atoms with Crippen LogP contribution in [0.3, 0.4) is 0 Å². The van der Waals surface area contributed by atoms with Crippen molar-refractivity contribution < 1.29 is 9.90 Å². The van der Waals surface area contributed by atoms with Gasteiger partial charge in [-0.15, -0.1) is 0 Å². The Labute approximate surface area is 152 Å². The van der Waals surface area contributed by atoms with E-state index in [4.69, 9.17) is 4.66 Å². The lowest BCUT2D eigenvalue weighted by Gasteiger charge is -2.25. The van der Waals surface area contributed by atoms with E-state index in [9.17, 15) is 9.90 Å². The number of carboxylic acids is 1. The van der Waals surface area contributed by atoms with Crippen molar-refractivity contribution in [1.82, 2.24) is 4.98 Å². The Hall–Kier alpha value is -1.93. The van der Waals surface area contributed by atoms with E-state index < -0.39 is 22.4 Å². The fourth-order valence-corrected chi connectivity index (χ4v) is 4.60. The SMILES string of the molecule is C[Si](C)(C)N=C(N[Si](C)(C)C)c1cccc(C2=CC=CC2)c1C(=O)O. The van der Waals surface area contributed by atoms with Gasteiger partial charge in [-0.3, -0.25) is 0 Å². The molecule has 0 spiro atoms. The molecule has 1 aromatic rings. The third kappa shape index (κ3) is 5.27. The molecule has 0 bridgehead atoms. The van der Waals surface area contributed by atoms with Crippen molar-refractivity contribution in [2.75, 3.05) is 0 Å². The molecule has 0 fully saturated rings. The van der Waals surface area contributed by atoms with E-state index in [0.717, 1.165) is 23.4 Å². The van der Waals surface area contributed by atoms with E-state index in [-0.39, 0.29) is 0 Å². The molecule has 0 radical (unpaired) electrons. The Morgan fingerprint density at radius 1 is 1.16 bits per heavy atom. The van der Waals surface area contributed by atoms with Crippen molar-refractivity contribution in [2.45, 2.75) is 45.7 Å². The van der Waals surface area contributed by atoms with Gasteiger partial charge >= 0.3 is 5.97 Å². The summed E-state index contributed by atoms with van der Waals surface area (Å²) in [5.74, 6) is -0.164. The maximum absolute atomic E-state index is 12.1. The van der Waals surface area contributed by atoms with Gasteiger partial charge in [-0.05, 0) is 37.2 Å². The van der Waals surface area contributed by atoms with Gasteiger partial charge in [0, 0.05) is 5.56 Å². The predicted octanol–water partition coefficient (Wildman–Crippen LogP) is 4.73. The van der Waals surface area contributed by atoms with Crippen LogP contribution in [0.25, 0.3) is 5.57 Å². The fourth-order valence-electron chi connectivity index (χ4n) is 2.74. The van der Waals surface area contributed by atoms with Crippen LogP contribution >= 0.6 is 0 Å². The molecule has 4 nitrogen and oxygen atoms in total. The molecule has 2 rings (SSSR count). The van der Waals surface area contributed by atoms with Crippen molar-refractivity contribution >= 4 is 33.8 Å². The van der Waals surface area contributed by atoms with Gasteiger partial charge in [0.05, 0.1) is 5.56 Å². The highest BCUT2D eigenvalue weighted by molar-refractivity contribution is 6.78. The number of nitrogens with one attached hydrogen (secondary N) is 1. The summed E-state index contributed by atoms with van der Waals surface area (Å²) in [6.07, 6.45) is 6.79. The largest absolute Gasteiger partial charge is 0.478 e. The summed E-state index contributed by atoms with van der Waals surface area (Å²) < 4.78 is 4.96. The van der Waals surface area contributed by atoms with Gasteiger partial charge in [0.1, 0.15) is 14.1 Å². The number of allylic oxidation sites excluding steroid dienone is 4. The molecule has 134 valence electrons. The van der Waals surface area contributed by atoms with Crippen molar-refractivity contribution in [1.29, 1.82) is 0 Å². The van der Waals surface area contributed by atoms with Crippen molar-refractivity contribution in [3.63, 3.8) is 0 Å². The molecule has 1 aliphatic carbocycles. The molecule has 0 heterocycles. The molecule has 6 heteroatoms. The number of hydrogen-bond donors (Lipinski definition) is 2. The quantitative estimate of drug-likeness (QED) is 0.446. The van der Waals surface area contributed by atoms with Gasteiger partial charge in [0.2, 0.25) is 0 Å². The molecule has 0 aliphatic heterocycles. The smallest absolute Gasteiger partial charge is 0.337 e. The van der Waals surface area contributed by atoms with Crippen LogP contribution in [0.15, 0.2) is 41.1 Å². The Morgan fingerprint density at radius 3 is 2.32 bits per heavy atom. The molecular formula is C19H28N2O2Si2. The van der Waals surface area contributed by atoms with E-state index in [0.29, 0.717) is 11.1 Å². The van der Waals surface area contributed by atoms with Gasteiger partial charge in [-0.25, -0.2) is 4.79 Å². The first kappa shape index (κ1) is 19.4. The molecule has 25 heavy (non-hydrogen) atoms. The lowest BCUT2D eigenvalue weighted by atomic mass is 9.94. The Kier molecular flexibility index (Phi) is 5.53. The summed E-state index contributed by atoms with van der Waals surface area (Å²) in [5, 5.41) is 9.94. The van der Waals surface area contributed by atoms with Crippen LogP contribution in [0.2, 0.25) is 39.3 Å². The average Bonchev–Trinajstić information content (AvgIpc) is 2.96. The van der Waals surface area contributed by atoms with Crippen LogP contribution in [0.1, 0.15) is 27.9 Å². The van der Waals surface area contributed by atoms with Gasteiger partial charge in [0.15, 0.2) is 8.24 Å². The van der Waals surface area contributed by atoms with E-state index in [1.807, 2.05) is 36.4 Å². The normalized spacial score (nSPS) is 15.3. The van der Waals surface area contributed by atoms with Crippen LogP contribution in [-0.4, -0.2) is 33.4 Å². The lowest BCUT2D eigenvalue weighted by molar-refractivity contribution is 0.0696. The van der Waals surface area contributed by atoms with Crippen molar-refractivity contribution in [3.8, 4) is 0 Å². The maximum atomic E-state index is 12.1. The van der Waals surface area contributed by atoms with Gasteiger partial charge < -0.3 is 14.7 Å². The van der Waals surface area contributed by atoms with Gasteiger partial charge in [-0.2, -0.15) is 0 Å². The number of carboxylic acid groups (broad SMARTS) is 1. The maximum Gasteiger partial charge on any atom is 0.337 e. The molecule has 0 atom stereocenters. The molecule has 0 saturated carbocycles. The summed E-state index contributed by atoms with van der Waals surface area (Å²) in [7, 11) is -3.47. The van der Waals surface area contributed by atoms with E-state index >= 15 is 0 Å².